The van der Waals surface area contributed by atoms with E-state index < -0.39 is 5.60 Å². The van der Waals surface area contributed by atoms with E-state index in [1.807, 2.05) is 40.7 Å². The summed E-state index contributed by atoms with van der Waals surface area (Å²) in [5.41, 5.74) is 1.56. The van der Waals surface area contributed by atoms with Gasteiger partial charge in [0, 0.05) is 30.0 Å². The number of para-hydroxylation sites is 1. The molecule has 2 atom stereocenters. The maximum atomic E-state index is 14.8. The Hall–Kier alpha value is -3.07. The molecule has 2 aliphatic rings. The first-order chi connectivity index (χ1) is 19.1. The zero-order chi connectivity index (χ0) is 28.4. The third kappa shape index (κ3) is 6.45. The number of allylic oxidation sites excluding steroid dienone is 1. The predicted octanol–water partition coefficient (Wildman–Crippen LogP) is 6.53. The highest BCUT2D eigenvalue weighted by Gasteiger charge is 2.30. The van der Waals surface area contributed by atoms with Gasteiger partial charge in [-0.25, -0.2) is 9.18 Å². The van der Waals surface area contributed by atoms with E-state index in [1.165, 1.54) is 10.7 Å². The first-order valence-corrected chi connectivity index (χ1v) is 14.8. The number of ether oxygens (including phenoxy) is 1. The maximum absolute atomic E-state index is 14.8. The average molecular weight is 552 g/mol. The fourth-order valence-electron chi connectivity index (χ4n) is 6.04. The summed E-state index contributed by atoms with van der Waals surface area (Å²) in [6.07, 6.45) is 9.80. The van der Waals surface area contributed by atoms with Crippen molar-refractivity contribution in [3.8, 4) is 5.95 Å². The van der Waals surface area contributed by atoms with Crippen LogP contribution in [-0.2, 0) is 16.0 Å². The molecule has 2 aromatic heterocycles. The van der Waals surface area contributed by atoms with Gasteiger partial charge in [0.15, 0.2) is 0 Å². The summed E-state index contributed by atoms with van der Waals surface area (Å²) in [4.78, 5) is 19.8. The van der Waals surface area contributed by atoms with Crippen molar-refractivity contribution in [2.24, 2.45) is 5.92 Å². The summed E-state index contributed by atoms with van der Waals surface area (Å²) in [6.45, 7) is 11.9. The first-order valence-electron chi connectivity index (χ1n) is 14.8. The van der Waals surface area contributed by atoms with Crippen LogP contribution < -0.4 is 0 Å². The summed E-state index contributed by atoms with van der Waals surface area (Å²) in [5, 5.41) is 9.59. The van der Waals surface area contributed by atoms with Gasteiger partial charge < -0.3 is 14.2 Å². The van der Waals surface area contributed by atoms with E-state index in [-0.39, 0.29) is 23.7 Å². The van der Waals surface area contributed by atoms with Crippen LogP contribution in [0.5, 0.6) is 0 Å². The summed E-state index contributed by atoms with van der Waals surface area (Å²) in [6, 6.07) is 5.54. The number of carbonyl (C=O) groups excluding carboxylic acids is 1. The van der Waals surface area contributed by atoms with Crippen LogP contribution in [0.4, 0.5) is 4.39 Å². The number of rotatable bonds is 6. The lowest BCUT2D eigenvalue weighted by Gasteiger charge is -2.28. The molecule has 0 radical (unpaired) electrons. The predicted molar refractivity (Wildman–Crippen MR) is 152 cm³/mol. The second kappa shape index (κ2) is 11.8. The minimum atomic E-state index is -0.470. The molecule has 0 spiro atoms. The molecule has 5 rings (SSSR count). The number of benzene rings is 1. The zero-order valence-electron chi connectivity index (χ0n) is 24.5. The smallest absolute Gasteiger partial charge is 0.334 e. The van der Waals surface area contributed by atoms with Crippen LogP contribution in [0.2, 0.25) is 0 Å². The molecule has 0 N–H and O–H groups in total. The van der Waals surface area contributed by atoms with Crippen molar-refractivity contribution < 1.29 is 18.4 Å². The van der Waals surface area contributed by atoms with Crippen molar-refractivity contribution >= 4 is 16.9 Å². The van der Waals surface area contributed by atoms with E-state index in [2.05, 4.69) is 26.2 Å². The van der Waals surface area contributed by atoms with Crippen LogP contribution in [0, 0.1) is 11.7 Å². The Morgan fingerprint density at radius 2 is 2.00 bits per heavy atom. The molecular weight excluding hydrogens is 509 g/mol. The van der Waals surface area contributed by atoms with E-state index >= 15 is 0 Å². The van der Waals surface area contributed by atoms with E-state index in [0.717, 1.165) is 74.7 Å². The van der Waals surface area contributed by atoms with E-state index in [1.54, 1.807) is 6.07 Å². The number of carbonyl (C=O) groups is 1. The Balaban J connectivity index is 1.19. The van der Waals surface area contributed by atoms with Gasteiger partial charge >= 0.3 is 5.97 Å². The topological polar surface area (TPSA) is 86.3 Å². The number of fused-ring (bicyclic) bond motifs is 1. The summed E-state index contributed by atoms with van der Waals surface area (Å²) in [5.74, 6) is 0.882. The molecule has 216 valence electrons. The van der Waals surface area contributed by atoms with Gasteiger partial charge in [0.05, 0.1) is 5.69 Å². The van der Waals surface area contributed by atoms with Gasteiger partial charge in [-0.1, -0.05) is 32.1 Å². The van der Waals surface area contributed by atoms with Crippen molar-refractivity contribution in [3.63, 3.8) is 0 Å². The summed E-state index contributed by atoms with van der Waals surface area (Å²) in [7, 11) is 0. The average Bonchev–Trinajstić information content (AvgIpc) is 3.63. The van der Waals surface area contributed by atoms with E-state index in [9.17, 15) is 9.18 Å². The highest BCUT2D eigenvalue weighted by molar-refractivity contribution is 5.88. The van der Waals surface area contributed by atoms with Crippen LogP contribution in [0.15, 0.2) is 34.4 Å². The quantitative estimate of drug-likeness (QED) is 0.322. The monoisotopic (exact) mass is 551 g/mol. The number of hydrogen-bond acceptors (Lipinski definition) is 7. The number of hydrogen-bond donors (Lipinski definition) is 0. The molecule has 2 unspecified atom stereocenters. The molecule has 40 heavy (non-hydrogen) atoms. The minimum Gasteiger partial charge on any atom is -0.457 e. The normalized spacial score (nSPS) is 21.3. The molecule has 1 fully saturated rings. The minimum absolute atomic E-state index is 0.138. The third-order valence-electron chi connectivity index (χ3n) is 7.95. The van der Waals surface area contributed by atoms with Gasteiger partial charge in [0.2, 0.25) is 5.89 Å². The molecular formula is C31H42FN5O3. The van der Waals surface area contributed by atoms with Gasteiger partial charge in [0.25, 0.3) is 5.95 Å². The number of likely N-dealkylation sites (tertiary alicyclic amines) is 1. The second-order valence-corrected chi connectivity index (χ2v) is 12.6. The second-order valence-electron chi connectivity index (χ2n) is 12.6. The lowest BCUT2D eigenvalue weighted by atomic mass is 10.0. The maximum Gasteiger partial charge on any atom is 0.334 e. The Morgan fingerprint density at radius 1 is 1.20 bits per heavy atom. The molecule has 1 aliphatic carbocycles. The Labute approximate surface area is 235 Å². The van der Waals surface area contributed by atoms with Crippen LogP contribution in [0.25, 0.3) is 16.9 Å². The SMILES string of the molecule is CC(C)c1nn(-c2noc(CC3CCN(C4CCCC=C(C(=O)OC(C)(C)C)CCC4)C3)n2)c2c(F)cccc12. The molecule has 0 bridgehead atoms. The molecule has 3 heterocycles. The molecule has 1 saturated heterocycles. The van der Waals surface area contributed by atoms with Gasteiger partial charge in [-0.05, 0) is 95.3 Å². The highest BCUT2D eigenvalue weighted by atomic mass is 19.1. The van der Waals surface area contributed by atoms with Gasteiger partial charge in [0.1, 0.15) is 16.9 Å². The summed E-state index contributed by atoms with van der Waals surface area (Å²) >= 11 is 0. The lowest BCUT2D eigenvalue weighted by Crippen LogP contribution is -2.33. The van der Waals surface area contributed by atoms with Crippen LogP contribution in [0.1, 0.15) is 97.1 Å². The number of esters is 1. The Kier molecular flexibility index (Phi) is 8.40. The molecule has 1 aromatic carbocycles. The molecule has 8 nitrogen and oxygen atoms in total. The largest absolute Gasteiger partial charge is 0.457 e. The number of nitrogens with zero attached hydrogens (tertiary/aromatic N) is 5. The van der Waals surface area contributed by atoms with Gasteiger partial charge in [-0.15, -0.1) is 0 Å². The molecule has 1 aliphatic heterocycles. The van der Waals surface area contributed by atoms with Crippen molar-refractivity contribution in [2.45, 2.75) is 104 Å². The van der Waals surface area contributed by atoms with Crippen molar-refractivity contribution in [1.29, 1.82) is 0 Å². The number of halogens is 1. The van der Waals surface area contributed by atoms with Crippen molar-refractivity contribution in [3.05, 3.63) is 47.3 Å². The molecule has 0 saturated carbocycles. The fraction of sp³-hybridized carbons (Fsp3) is 0.613. The van der Waals surface area contributed by atoms with Crippen LogP contribution >= 0.6 is 0 Å². The van der Waals surface area contributed by atoms with E-state index in [4.69, 9.17) is 9.26 Å². The molecule has 0 amide bonds. The Morgan fingerprint density at radius 3 is 2.77 bits per heavy atom. The molecule has 3 aromatic rings. The third-order valence-corrected chi connectivity index (χ3v) is 7.95. The van der Waals surface area contributed by atoms with Crippen molar-refractivity contribution in [2.75, 3.05) is 13.1 Å². The zero-order valence-corrected chi connectivity index (χ0v) is 24.5. The van der Waals surface area contributed by atoms with E-state index in [0.29, 0.717) is 29.8 Å². The molecule has 9 heteroatoms. The van der Waals surface area contributed by atoms with Crippen molar-refractivity contribution in [1.82, 2.24) is 24.8 Å². The highest BCUT2D eigenvalue weighted by Crippen LogP contribution is 2.30. The van der Waals surface area contributed by atoms with Gasteiger partial charge in [-0.3, -0.25) is 0 Å². The Bertz CT molecular complexity index is 1370. The fourth-order valence-corrected chi connectivity index (χ4v) is 6.04. The first kappa shape index (κ1) is 28.5. The van der Waals surface area contributed by atoms with Crippen LogP contribution in [-0.4, -0.2) is 55.5 Å². The standard InChI is InChI=1S/C31H42FN5O3/c1-20(2)27-24-14-9-15-25(32)28(24)37(34-27)30-33-26(40-35-30)18-21-16-17-36(19-21)23-12-7-6-10-22(11-8-13-23)29(38)39-31(3,4)5/h9-10,14-15,20-21,23H,6-8,11-13,16-19H2,1-5H3. The number of aromatic nitrogens is 4. The lowest BCUT2D eigenvalue weighted by molar-refractivity contribution is -0.150. The summed E-state index contributed by atoms with van der Waals surface area (Å²) < 4.78 is 27.5. The van der Waals surface area contributed by atoms with Crippen LogP contribution in [0.3, 0.4) is 0 Å². The van der Waals surface area contributed by atoms with Gasteiger partial charge in [-0.2, -0.15) is 14.8 Å².